The van der Waals surface area contributed by atoms with Gasteiger partial charge in [0.2, 0.25) is 0 Å². The van der Waals surface area contributed by atoms with Crippen LogP contribution in [0.15, 0.2) is 18.5 Å². The molecule has 1 aromatic rings. The third-order valence-electron chi connectivity index (χ3n) is 3.01. The third-order valence-corrected chi connectivity index (χ3v) is 3.01. The molecule has 2 unspecified atom stereocenters. The first kappa shape index (κ1) is 12.5. The lowest BCUT2D eigenvalue weighted by molar-refractivity contribution is -0.753. The van der Waals surface area contributed by atoms with Gasteiger partial charge >= 0.3 is 5.97 Å². The molecule has 0 aromatic carbocycles. The number of amides is 1. The average molecular weight is 250 g/mol. The Bertz CT molecular complexity index is 458. The lowest BCUT2D eigenvalue weighted by Gasteiger charge is -2.01. The number of rotatable bonds is 5. The van der Waals surface area contributed by atoms with Gasteiger partial charge in [0, 0.05) is 12.1 Å². The van der Waals surface area contributed by atoms with Crippen molar-refractivity contribution in [1.82, 2.24) is 10.4 Å². The maximum Gasteiger partial charge on any atom is 0.309 e. The van der Waals surface area contributed by atoms with E-state index in [1.165, 1.54) is 10.9 Å². The van der Waals surface area contributed by atoms with E-state index in [9.17, 15) is 9.59 Å². The molecule has 0 spiro atoms. The van der Waals surface area contributed by atoms with Crippen LogP contribution in [0.4, 0.5) is 0 Å². The van der Waals surface area contributed by atoms with E-state index in [1.54, 1.807) is 12.3 Å². The molecule has 96 valence electrons. The molecule has 1 aliphatic carbocycles. The maximum absolute atomic E-state index is 11.8. The second kappa shape index (κ2) is 5.12. The smallest absolute Gasteiger partial charge is 0.309 e. The fraction of sp³-hybridized carbons (Fsp3) is 0.500. The number of aromatic nitrogens is 2. The molecule has 2 atom stereocenters. The van der Waals surface area contributed by atoms with Crippen LogP contribution < -0.4 is 10.00 Å². The number of aryl methyl sites for hydroxylation is 1. The Balaban J connectivity index is 1.90. The normalized spacial score (nSPS) is 21.4. The lowest BCUT2D eigenvalue weighted by Crippen LogP contribution is -2.39. The molecular weight excluding hydrogens is 234 g/mol. The van der Waals surface area contributed by atoms with E-state index in [-0.39, 0.29) is 18.4 Å². The van der Waals surface area contributed by atoms with Gasteiger partial charge in [-0.1, -0.05) is 11.6 Å². The van der Waals surface area contributed by atoms with Gasteiger partial charge in [-0.05, 0) is 17.4 Å². The SMILES string of the molecule is CC1CC1NC(=O)c1cc[n+](CCC(=O)O)nc1. The van der Waals surface area contributed by atoms with E-state index in [0.29, 0.717) is 18.0 Å². The van der Waals surface area contributed by atoms with Crippen molar-refractivity contribution < 1.29 is 19.4 Å². The number of aliphatic carboxylic acids is 1. The molecule has 6 nitrogen and oxygen atoms in total. The number of hydrogen-bond donors (Lipinski definition) is 2. The fourth-order valence-electron chi connectivity index (χ4n) is 1.64. The van der Waals surface area contributed by atoms with E-state index in [1.807, 2.05) is 0 Å². The molecule has 0 saturated heterocycles. The van der Waals surface area contributed by atoms with E-state index < -0.39 is 5.97 Å². The summed E-state index contributed by atoms with van der Waals surface area (Å²) < 4.78 is 1.50. The average Bonchev–Trinajstić information content (AvgIpc) is 3.03. The monoisotopic (exact) mass is 250 g/mol. The first-order valence-corrected chi connectivity index (χ1v) is 5.94. The van der Waals surface area contributed by atoms with Crippen LogP contribution in [-0.2, 0) is 11.3 Å². The van der Waals surface area contributed by atoms with Crippen LogP contribution in [0.1, 0.15) is 30.1 Å². The van der Waals surface area contributed by atoms with Gasteiger partial charge in [-0.3, -0.25) is 9.59 Å². The largest absolute Gasteiger partial charge is 0.481 e. The number of hydrogen-bond acceptors (Lipinski definition) is 3. The van der Waals surface area contributed by atoms with E-state index in [2.05, 4.69) is 17.3 Å². The Morgan fingerprint density at radius 2 is 2.33 bits per heavy atom. The summed E-state index contributed by atoms with van der Waals surface area (Å²) in [7, 11) is 0. The quantitative estimate of drug-likeness (QED) is 0.719. The predicted molar refractivity (Wildman–Crippen MR) is 61.7 cm³/mol. The van der Waals surface area contributed by atoms with Crippen molar-refractivity contribution in [3.63, 3.8) is 0 Å². The second-order valence-electron chi connectivity index (χ2n) is 4.62. The Labute approximate surface area is 105 Å². The molecule has 0 bridgehead atoms. The van der Waals surface area contributed by atoms with Crippen LogP contribution >= 0.6 is 0 Å². The summed E-state index contributed by atoms with van der Waals surface area (Å²) >= 11 is 0. The van der Waals surface area contributed by atoms with Gasteiger partial charge in [0.25, 0.3) is 5.91 Å². The third kappa shape index (κ3) is 3.26. The molecule has 1 amide bonds. The van der Waals surface area contributed by atoms with Crippen LogP contribution in [0.3, 0.4) is 0 Å². The lowest BCUT2D eigenvalue weighted by atomic mass is 10.3. The highest BCUT2D eigenvalue weighted by molar-refractivity contribution is 5.94. The summed E-state index contributed by atoms with van der Waals surface area (Å²) in [5.74, 6) is -0.429. The zero-order chi connectivity index (χ0) is 13.1. The zero-order valence-electron chi connectivity index (χ0n) is 10.2. The van der Waals surface area contributed by atoms with Crippen molar-refractivity contribution in [3.8, 4) is 0 Å². The second-order valence-corrected chi connectivity index (χ2v) is 4.62. The highest BCUT2D eigenvalue weighted by Gasteiger charge is 2.34. The molecule has 6 heteroatoms. The molecule has 1 aliphatic rings. The van der Waals surface area contributed by atoms with Gasteiger partial charge in [0.1, 0.15) is 12.6 Å². The number of carboxylic acids is 1. The number of carboxylic acid groups (broad SMARTS) is 1. The molecule has 1 saturated carbocycles. The van der Waals surface area contributed by atoms with E-state index >= 15 is 0 Å². The Morgan fingerprint density at radius 1 is 1.61 bits per heavy atom. The first-order chi connectivity index (χ1) is 8.56. The highest BCUT2D eigenvalue weighted by Crippen LogP contribution is 2.29. The number of nitrogens with zero attached hydrogens (tertiary/aromatic N) is 2. The molecule has 2 N–H and O–H groups in total. The Morgan fingerprint density at radius 3 is 2.83 bits per heavy atom. The molecule has 1 fully saturated rings. The summed E-state index contributed by atoms with van der Waals surface area (Å²) in [5.41, 5.74) is 0.501. The maximum atomic E-state index is 11.8. The molecule has 1 aromatic heterocycles. The van der Waals surface area contributed by atoms with Gasteiger partial charge < -0.3 is 10.4 Å². The minimum absolute atomic E-state index is 0.0167. The first-order valence-electron chi connectivity index (χ1n) is 5.94. The molecular formula is C12H16N3O3+. The van der Waals surface area contributed by atoms with Gasteiger partial charge in [-0.2, -0.15) is 0 Å². The fourth-order valence-corrected chi connectivity index (χ4v) is 1.64. The van der Waals surface area contributed by atoms with Gasteiger partial charge in [-0.25, -0.2) is 0 Å². The minimum Gasteiger partial charge on any atom is -0.481 e. The number of nitrogens with one attached hydrogen (secondary N) is 1. The summed E-state index contributed by atoms with van der Waals surface area (Å²) in [6.07, 6.45) is 4.13. The van der Waals surface area contributed by atoms with Crippen molar-refractivity contribution in [2.45, 2.75) is 32.4 Å². The topological polar surface area (TPSA) is 83.2 Å². The molecule has 18 heavy (non-hydrogen) atoms. The summed E-state index contributed by atoms with van der Waals surface area (Å²) in [4.78, 5) is 22.2. The number of carbonyl (C=O) groups is 2. The highest BCUT2D eigenvalue weighted by atomic mass is 16.4. The molecule has 2 rings (SSSR count). The van der Waals surface area contributed by atoms with Crippen molar-refractivity contribution in [1.29, 1.82) is 0 Å². The van der Waals surface area contributed by atoms with Crippen molar-refractivity contribution >= 4 is 11.9 Å². The summed E-state index contributed by atoms with van der Waals surface area (Å²) in [6.45, 7) is 2.39. The Kier molecular flexibility index (Phi) is 3.55. The van der Waals surface area contributed by atoms with E-state index in [4.69, 9.17) is 5.11 Å². The van der Waals surface area contributed by atoms with Crippen molar-refractivity contribution in [3.05, 3.63) is 24.0 Å². The van der Waals surface area contributed by atoms with Crippen LogP contribution in [0.5, 0.6) is 0 Å². The molecule has 0 aliphatic heterocycles. The van der Waals surface area contributed by atoms with E-state index in [0.717, 1.165) is 6.42 Å². The summed E-state index contributed by atoms with van der Waals surface area (Å²) in [6, 6.07) is 1.94. The minimum atomic E-state index is -0.867. The standard InChI is InChI=1S/C12H15N3O3/c1-8-6-10(8)14-12(18)9-2-4-15(13-7-9)5-3-11(16)17/h2,4,7-8,10H,3,5-6H2,1H3,(H-,14,16,17,18)/p+1. The van der Waals surface area contributed by atoms with Crippen LogP contribution in [0, 0.1) is 5.92 Å². The van der Waals surface area contributed by atoms with Crippen LogP contribution in [0.2, 0.25) is 0 Å². The van der Waals surface area contributed by atoms with Crippen molar-refractivity contribution in [2.24, 2.45) is 5.92 Å². The van der Waals surface area contributed by atoms with Crippen LogP contribution in [-0.4, -0.2) is 28.1 Å². The Hall–Kier alpha value is -1.98. The number of carbonyl (C=O) groups excluding carboxylic acids is 1. The van der Waals surface area contributed by atoms with Gasteiger partial charge in [0.05, 0.1) is 5.56 Å². The zero-order valence-corrected chi connectivity index (χ0v) is 10.2. The molecule has 0 radical (unpaired) electrons. The molecule has 1 heterocycles. The predicted octanol–water partition coefficient (Wildman–Crippen LogP) is -0.0180. The summed E-state index contributed by atoms with van der Waals surface area (Å²) in [5, 5.41) is 15.5. The van der Waals surface area contributed by atoms with Gasteiger partial charge in [0.15, 0.2) is 12.7 Å². The van der Waals surface area contributed by atoms with Crippen LogP contribution in [0.25, 0.3) is 0 Å². The van der Waals surface area contributed by atoms with Gasteiger partial charge in [-0.15, -0.1) is 0 Å². The van der Waals surface area contributed by atoms with Crippen molar-refractivity contribution in [2.75, 3.05) is 0 Å².